The first kappa shape index (κ1) is 17.3. The Morgan fingerprint density at radius 2 is 2.03 bits per heavy atom. The molecule has 6 nitrogen and oxygen atoms in total. The van der Waals surface area contributed by atoms with E-state index in [0.29, 0.717) is 22.6 Å². The summed E-state index contributed by atoms with van der Waals surface area (Å²) in [4.78, 5) is 24.3. The molecule has 3 unspecified atom stereocenters. The van der Waals surface area contributed by atoms with Crippen molar-refractivity contribution in [2.45, 2.75) is 11.7 Å². The molecule has 1 N–H and O–H groups in total. The van der Waals surface area contributed by atoms with Gasteiger partial charge in [-0.15, -0.1) is 0 Å². The normalized spacial score (nSPS) is 25.8. The first-order valence-electron chi connectivity index (χ1n) is 9.10. The summed E-state index contributed by atoms with van der Waals surface area (Å²) in [6, 6.07) is 12.0. The molecule has 0 amide bonds. The van der Waals surface area contributed by atoms with Crippen LogP contribution < -0.4 is 4.74 Å². The zero-order valence-electron chi connectivity index (χ0n) is 15.2. The third kappa shape index (κ3) is 2.42. The molecule has 3 atom stereocenters. The SMILES string of the molecule is C=CC(=O)OC1=CC2Oc3cc(O)ccc3C3(OC(=O)c4ccccc43)C2C=C1. The van der Waals surface area contributed by atoms with E-state index in [4.69, 9.17) is 14.2 Å². The minimum absolute atomic E-state index is 0.0311. The lowest BCUT2D eigenvalue weighted by Gasteiger charge is -2.44. The van der Waals surface area contributed by atoms with Gasteiger partial charge in [0.1, 0.15) is 23.4 Å². The number of carbonyl (C=O) groups excluding carboxylic acids is 2. The van der Waals surface area contributed by atoms with Crippen LogP contribution in [0.15, 0.2) is 79.1 Å². The average Bonchev–Trinajstić information content (AvgIpc) is 3.01. The Kier molecular flexibility index (Phi) is 3.64. The number of phenols is 1. The number of aromatic hydroxyl groups is 1. The average molecular weight is 388 g/mol. The van der Waals surface area contributed by atoms with Gasteiger partial charge in [0.2, 0.25) is 0 Å². The smallest absolute Gasteiger partial charge is 0.339 e. The van der Waals surface area contributed by atoms with Crippen LogP contribution in [0.5, 0.6) is 11.5 Å². The summed E-state index contributed by atoms with van der Waals surface area (Å²) in [5.41, 5.74) is 0.772. The second-order valence-corrected chi connectivity index (χ2v) is 7.01. The molecular weight excluding hydrogens is 372 g/mol. The predicted octanol–water partition coefficient (Wildman–Crippen LogP) is 3.37. The third-order valence-electron chi connectivity index (χ3n) is 5.43. The Morgan fingerprint density at radius 3 is 2.86 bits per heavy atom. The van der Waals surface area contributed by atoms with Crippen LogP contribution in [-0.4, -0.2) is 23.1 Å². The lowest BCUT2D eigenvalue weighted by Crippen LogP contribution is -2.48. The van der Waals surface area contributed by atoms with Crippen molar-refractivity contribution in [1.29, 1.82) is 0 Å². The van der Waals surface area contributed by atoms with Crippen LogP contribution in [0.2, 0.25) is 0 Å². The first-order valence-corrected chi connectivity index (χ1v) is 9.10. The van der Waals surface area contributed by atoms with Gasteiger partial charge in [0.05, 0.1) is 11.5 Å². The monoisotopic (exact) mass is 388 g/mol. The zero-order chi connectivity index (χ0) is 20.2. The van der Waals surface area contributed by atoms with E-state index in [-0.39, 0.29) is 5.75 Å². The summed E-state index contributed by atoms with van der Waals surface area (Å²) < 4.78 is 17.4. The van der Waals surface area contributed by atoms with Gasteiger partial charge in [0, 0.05) is 23.3 Å². The number of hydrogen-bond acceptors (Lipinski definition) is 6. The maximum Gasteiger partial charge on any atom is 0.339 e. The fraction of sp³-hybridized carbons (Fsp3) is 0.130. The fourth-order valence-corrected chi connectivity index (χ4v) is 4.26. The van der Waals surface area contributed by atoms with E-state index >= 15 is 0 Å². The molecular formula is C23H16O6. The second kappa shape index (κ2) is 6.10. The van der Waals surface area contributed by atoms with Crippen molar-refractivity contribution >= 4 is 11.9 Å². The number of hydrogen-bond donors (Lipinski definition) is 1. The molecule has 0 saturated heterocycles. The summed E-state index contributed by atoms with van der Waals surface area (Å²) in [5.74, 6) is -0.645. The molecule has 29 heavy (non-hydrogen) atoms. The predicted molar refractivity (Wildman–Crippen MR) is 102 cm³/mol. The summed E-state index contributed by atoms with van der Waals surface area (Å²) in [6.07, 6.45) is 5.64. The van der Waals surface area contributed by atoms with Gasteiger partial charge < -0.3 is 19.3 Å². The Bertz CT molecular complexity index is 1130. The molecule has 2 aromatic rings. The largest absolute Gasteiger partial charge is 0.508 e. The number of allylic oxidation sites excluding steroid dienone is 1. The molecule has 6 heteroatoms. The molecule has 0 aromatic heterocycles. The summed E-state index contributed by atoms with van der Waals surface area (Å²) in [5, 5.41) is 9.97. The lowest BCUT2D eigenvalue weighted by atomic mass is 9.70. The highest BCUT2D eigenvalue weighted by molar-refractivity contribution is 5.96. The van der Waals surface area contributed by atoms with Gasteiger partial charge in [-0.05, 0) is 30.4 Å². The minimum Gasteiger partial charge on any atom is -0.508 e. The highest BCUT2D eigenvalue weighted by atomic mass is 16.6. The molecule has 2 heterocycles. The topological polar surface area (TPSA) is 82.1 Å². The third-order valence-corrected chi connectivity index (χ3v) is 5.43. The first-order chi connectivity index (χ1) is 14.0. The van der Waals surface area contributed by atoms with Gasteiger partial charge in [-0.1, -0.05) is 30.9 Å². The van der Waals surface area contributed by atoms with E-state index in [1.165, 1.54) is 6.07 Å². The van der Waals surface area contributed by atoms with Gasteiger partial charge in [-0.2, -0.15) is 0 Å². The molecule has 1 aliphatic carbocycles. The van der Waals surface area contributed by atoms with Crippen molar-refractivity contribution in [3.05, 3.63) is 95.8 Å². The van der Waals surface area contributed by atoms with Crippen LogP contribution in [0.1, 0.15) is 21.5 Å². The van der Waals surface area contributed by atoms with E-state index in [1.54, 1.807) is 36.4 Å². The number of esters is 2. The number of phenolic OH excluding ortho intramolecular Hbond substituents is 1. The summed E-state index contributed by atoms with van der Waals surface area (Å²) >= 11 is 0. The maximum atomic E-state index is 12.7. The van der Waals surface area contributed by atoms with E-state index < -0.39 is 29.6 Å². The van der Waals surface area contributed by atoms with Crippen LogP contribution in [0, 0.1) is 5.92 Å². The molecule has 1 spiro atoms. The van der Waals surface area contributed by atoms with Crippen molar-refractivity contribution < 1.29 is 28.9 Å². The summed E-state index contributed by atoms with van der Waals surface area (Å²) in [7, 11) is 0. The number of benzene rings is 2. The molecule has 2 aliphatic heterocycles. The van der Waals surface area contributed by atoms with Gasteiger partial charge in [-0.25, -0.2) is 9.59 Å². The van der Waals surface area contributed by atoms with E-state index in [2.05, 4.69) is 6.58 Å². The van der Waals surface area contributed by atoms with E-state index in [9.17, 15) is 14.7 Å². The molecule has 0 bridgehead atoms. The van der Waals surface area contributed by atoms with Gasteiger partial charge in [0.15, 0.2) is 5.60 Å². The molecule has 144 valence electrons. The quantitative estimate of drug-likeness (QED) is 0.628. The van der Waals surface area contributed by atoms with Crippen LogP contribution in [0.4, 0.5) is 0 Å². The maximum absolute atomic E-state index is 12.7. The Labute approximate surface area is 166 Å². The number of fused-ring (bicyclic) bond motifs is 6. The Balaban J connectivity index is 1.70. The number of rotatable bonds is 2. The molecule has 5 rings (SSSR count). The van der Waals surface area contributed by atoms with Crippen LogP contribution in [0.25, 0.3) is 0 Å². The fourth-order valence-electron chi connectivity index (χ4n) is 4.26. The molecule has 2 aromatic carbocycles. The van der Waals surface area contributed by atoms with E-state index in [1.807, 2.05) is 18.2 Å². The Hall–Kier alpha value is -3.80. The molecule has 0 fully saturated rings. The molecule has 3 aliphatic rings. The zero-order valence-corrected chi connectivity index (χ0v) is 15.2. The van der Waals surface area contributed by atoms with Gasteiger partial charge in [0.25, 0.3) is 0 Å². The van der Waals surface area contributed by atoms with Crippen molar-refractivity contribution in [3.63, 3.8) is 0 Å². The highest BCUT2D eigenvalue weighted by Crippen LogP contribution is 2.56. The minimum atomic E-state index is -1.11. The van der Waals surface area contributed by atoms with Crippen LogP contribution in [0.3, 0.4) is 0 Å². The summed E-state index contributed by atoms with van der Waals surface area (Å²) in [6.45, 7) is 3.40. The van der Waals surface area contributed by atoms with Crippen LogP contribution >= 0.6 is 0 Å². The van der Waals surface area contributed by atoms with E-state index in [0.717, 1.165) is 11.6 Å². The Morgan fingerprint density at radius 1 is 1.21 bits per heavy atom. The highest BCUT2D eigenvalue weighted by Gasteiger charge is 2.58. The van der Waals surface area contributed by atoms with Crippen molar-refractivity contribution in [2.75, 3.05) is 0 Å². The van der Waals surface area contributed by atoms with Gasteiger partial charge in [-0.3, -0.25) is 0 Å². The molecule has 0 radical (unpaired) electrons. The van der Waals surface area contributed by atoms with Crippen LogP contribution in [-0.2, 0) is 19.9 Å². The van der Waals surface area contributed by atoms with Crippen molar-refractivity contribution in [3.8, 4) is 11.5 Å². The van der Waals surface area contributed by atoms with Crippen molar-refractivity contribution in [2.24, 2.45) is 5.92 Å². The standard InChI is InChI=1S/C23H16O6/c1-2-21(25)27-14-8-10-18-20(12-14)28-19-11-13(24)7-9-17(19)23(18)16-6-4-3-5-15(16)22(26)29-23/h2-12,18,20,24H,1H2. The molecule has 0 saturated carbocycles. The number of carbonyl (C=O) groups is 2. The van der Waals surface area contributed by atoms with Gasteiger partial charge >= 0.3 is 11.9 Å². The van der Waals surface area contributed by atoms with Crippen molar-refractivity contribution in [1.82, 2.24) is 0 Å². The lowest BCUT2D eigenvalue weighted by molar-refractivity contribution is -0.133. The second-order valence-electron chi connectivity index (χ2n) is 7.01. The number of ether oxygens (including phenoxy) is 3.